The van der Waals surface area contributed by atoms with Crippen LogP contribution in [0.25, 0.3) is 0 Å². The molecule has 1 atom stereocenters. The van der Waals surface area contributed by atoms with Gasteiger partial charge in [0.05, 0.1) is 15.4 Å². The van der Waals surface area contributed by atoms with Crippen LogP contribution >= 0.6 is 12.4 Å². The third-order valence-electron chi connectivity index (χ3n) is 3.61. The van der Waals surface area contributed by atoms with Crippen molar-refractivity contribution in [1.29, 1.82) is 0 Å². The van der Waals surface area contributed by atoms with Crippen molar-refractivity contribution in [3.05, 3.63) is 28.3 Å². The largest absolute Gasteiger partial charge is 0.378 e. The molecule has 0 fully saturated rings. The number of benzene rings is 1. The van der Waals surface area contributed by atoms with Gasteiger partial charge in [0.2, 0.25) is 5.91 Å². The van der Waals surface area contributed by atoms with Crippen LogP contribution in [0.4, 0.5) is 11.4 Å². The van der Waals surface area contributed by atoms with Gasteiger partial charge in [0.15, 0.2) is 9.84 Å². The number of nitro groups is 1. The van der Waals surface area contributed by atoms with Gasteiger partial charge in [-0.05, 0) is 25.5 Å². The molecule has 148 valence electrons. The van der Waals surface area contributed by atoms with E-state index in [1.165, 1.54) is 12.1 Å². The van der Waals surface area contributed by atoms with Crippen molar-refractivity contribution in [2.75, 3.05) is 24.7 Å². The van der Waals surface area contributed by atoms with Crippen molar-refractivity contribution < 1.29 is 18.1 Å². The monoisotopic (exact) mass is 408 g/mol. The van der Waals surface area contributed by atoms with E-state index in [2.05, 4.69) is 10.6 Å². The smallest absolute Gasteiger partial charge is 0.293 e. The summed E-state index contributed by atoms with van der Waals surface area (Å²) in [5.74, 6) is -0.293. The van der Waals surface area contributed by atoms with Crippen molar-refractivity contribution >= 4 is 39.5 Å². The predicted molar refractivity (Wildman–Crippen MR) is 102 cm³/mol. The molecule has 0 radical (unpaired) electrons. The first-order valence-corrected chi connectivity index (χ1v) is 9.67. The van der Waals surface area contributed by atoms with Gasteiger partial charge in [-0.25, -0.2) is 8.42 Å². The van der Waals surface area contributed by atoms with E-state index in [1.54, 1.807) is 6.92 Å². The van der Waals surface area contributed by atoms with E-state index in [9.17, 15) is 23.3 Å². The fraction of sp³-hybridized carbons (Fsp3) is 0.533. The van der Waals surface area contributed by atoms with Crippen LogP contribution in [0.15, 0.2) is 23.1 Å². The Morgan fingerprint density at radius 3 is 2.46 bits per heavy atom. The molecule has 1 amide bonds. The molecule has 1 aromatic carbocycles. The van der Waals surface area contributed by atoms with Crippen molar-refractivity contribution in [2.45, 2.75) is 37.1 Å². The number of nitrogens with zero attached hydrogens (tertiary/aromatic N) is 1. The molecular weight excluding hydrogens is 384 g/mol. The molecule has 0 saturated heterocycles. The summed E-state index contributed by atoms with van der Waals surface area (Å²) < 4.78 is 23.0. The summed E-state index contributed by atoms with van der Waals surface area (Å²) in [6.45, 7) is 4.03. The van der Waals surface area contributed by atoms with E-state index < -0.39 is 20.3 Å². The fourth-order valence-corrected chi connectivity index (χ4v) is 2.89. The zero-order chi connectivity index (χ0) is 19.3. The van der Waals surface area contributed by atoms with Crippen LogP contribution < -0.4 is 16.4 Å². The van der Waals surface area contributed by atoms with Crippen LogP contribution in [-0.2, 0) is 14.6 Å². The van der Waals surface area contributed by atoms with E-state index in [0.717, 1.165) is 18.7 Å². The molecule has 0 spiro atoms. The first-order valence-electron chi connectivity index (χ1n) is 7.78. The number of carbonyl (C=O) groups excluding carboxylic acids is 1. The number of sulfone groups is 1. The maximum atomic E-state index is 12.0. The lowest BCUT2D eigenvalue weighted by atomic mass is 9.97. The minimum atomic E-state index is -3.54. The molecule has 26 heavy (non-hydrogen) atoms. The van der Waals surface area contributed by atoms with E-state index in [1.807, 2.05) is 6.92 Å². The average molecular weight is 409 g/mol. The Hall–Kier alpha value is -1.91. The summed E-state index contributed by atoms with van der Waals surface area (Å²) in [5, 5.41) is 16.6. The summed E-state index contributed by atoms with van der Waals surface area (Å²) in [4.78, 5) is 22.3. The molecule has 0 bridgehead atoms. The highest BCUT2D eigenvalue weighted by Gasteiger charge is 2.26. The van der Waals surface area contributed by atoms with Crippen molar-refractivity contribution in [3.8, 4) is 0 Å². The van der Waals surface area contributed by atoms with Crippen LogP contribution in [0.5, 0.6) is 0 Å². The zero-order valence-electron chi connectivity index (χ0n) is 14.9. The number of carbonyl (C=O) groups is 1. The molecule has 0 aromatic heterocycles. The Morgan fingerprint density at radius 1 is 1.35 bits per heavy atom. The molecule has 0 heterocycles. The van der Waals surface area contributed by atoms with E-state index in [4.69, 9.17) is 5.73 Å². The zero-order valence-corrected chi connectivity index (χ0v) is 16.6. The van der Waals surface area contributed by atoms with Crippen molar-refractivity contribution in [3.63, 3.8) is 0 Å². The third kappa shape index (κ3) is 6.77. The first kappa shape index (κ1) is 24.1. The highest BCUT2D eigenvalue weighted by atomic mass is 35.5. The molecular formula is C15H25ClN4O5S. The Morgan fingerprint density at radius 2 is 1.96 bits per heavy atom. The Labute approximate surface area is 159 Å². The lowest BCUT2D eigenvalue weighted by Crippen LogP contribution is -2.52. The van der Waals surface area contributed by atoms with Gasteiger partial charge in [0, 0.05) is 25.4 Å². The number of hydrogen-bond acceptors (Lipinski definition) is 7. The van der Waals surface area contributed by atoms with Gasteiger partial charge in [0.1, 0.15) is 5.69 Å². The summed E-state index contributed by atoms with van der Waals surface area (Å²) >= 11 is 0. The second-order valence-corrected chi connectivity index (χ2v) is 8.07. The Balaban J connectivity index is 0.00000625. The van der Waals surface area contributed by atoms with Gasteiger partial charge in [-0.2, -0.15) is 0 Å². The van der Waals surface area contributed by atoms with Gasteiger partial charge in [-0.3, -0.25) is 14.9 Å². The van der Waals surface area contributed by atoms with Crippen LogP contribution in [-0.4, -0.2) is 44.1 Å². The van der Waals surface area contributed by atoms with E-state index >= 15 is 0 Å². The maximum absolute atomic E-state index is 12.0. The fourth-order valence-electron chi connectivity index (χ4n) is 2.25. The van der Waals surface area contributed by atoms with Crippen LogP contribution in [0.2, 0.25) is 0 Å². The predicted octanol–water partition coefficient (Wildman–Crippen LogP) is 1.47. The summed E-state index contributed by atoms with van der Waals surface area (Å²) in [5.41, 5.74) is 4.78. The molecule has 0 saturated carbocycles. The quantitative estimate of drug-likeness (QED) is 0.318. The molecule has 9 nitrogen and oxygen atoms in total. The van der Waals surface area contributed by atoms with E-state index in [0.29, 0.717) is 6.42 Å². The summed E-state index contributed by atoms with van der Waals surface area (Å²) in [6, 6.07) is 3.64. The number of nitrogens with two attached hydrogens (primary N) is 1. The molecule has 1 aromatic rings. The maximum Gasteiger partial charge on any atom is 0.293 e. The molecule has 0 aliphatic carbocycles. The number of hydrogen-bond donors (Lipinski definition) is 3. The second kappa shape index (κ2) is 9.70. The molecule has 1 unspecified atom stereocenters. The lowest BCUT2D eigenvalue weighted by molar-refractivity contribution is -0.384. The third-order valence-corrected chi connectivity index (χ3v) is 4.72. The second-order valence-electron chi connectivity index (χ2n) is 6.06. The molecule has 0 aliphatic heterocycles. The van der Waals surface area contributed by atoms with Gasteiger partial charge in [-0.1, -0.05) is 13.3 Å². The Bertz CT molecular complexity index is 752. The topological polar surface area (TPSA) is 144 Å². The molecule has 0 aliphatic rings. The van der Waals surface area contributed by atoms with Crippen LogP contribution in [0.1, 0.15) is 26.7 Å². The number of anilines is 1. The van der Waals surface area contributed by atoms with Gasteiger partial charge in [0.25, 0.3) is 5.69 Å². The minimum absolute atomic E-state index is 0. The SMILES string of the molecule is CCCC(C)(N)C(=O)NCCNc1ccc(S(C)(=O)=O)cc1[N+](=O)[O-].Cl. The summed E-state index contributed by atoms with van der Waals surface area (Å²) in [7, 11) is -3.54. The molecule has 1 rings (SSSR count). The van der Waals surface area contributed by atoms with Crippen LogP contribution in [0, 0.1) is 10.1 Å². The van der Waals surface area contributed by atoms with E-state index in [-0.39, 0.29) is 47.7 Å². The normalized spacial score (nSPS) is 13.2. The van der Waals surface area contributed by atoms with Gasteiger partial charge >= 0.3 is 0 Å². The first-order chi connectivity index (χ1) is 11.5. The van der Waals surface area contributed by atoms with Crippen LogP contribution in [0.3, 0.4) is 0 Å². The number of rotatable bonds is 9. The van der Waals surface area contributed by atoms with Crippen molar-refractivity contribution in [1.82, 2.24) is 5.32 Å². The van der Waals surface area contributed by atoms with Crippen molar-refractivity contribution in [2.24, 2.45) is 5.73 Å². The highest BCUT2D eigenvalue weighted by Crippen LogP contribution is 2.27. The van der Waals surface area contributed by atoms with Gasteiger partial charge < -0.3 is 16.4 Å². The lowest BCUT2D eigenvalue weighted by Gasteiger charge is -2.22. The number of nitro benzene ring substituents is 1. The van der Waals surface area contributed by atoms with Gasteiger partial charge in [-0.15, -0.1) is 12.4 Å². The summed E-state index contributed by atoms with van der Waals surface area (Å²) in [6.07, 6.45) is 2.30. The number of halogens is 1. The highest BCUT2D eigenvalue weighted by molar-refractivity contribution is 7.90. The molecule has 4 N–H and O–H groups in total. The number of amides is 1. The molecule has 11 heteroatoms. The Kier molecular flexibility index (Phi) is 8.98. The standard InChI is InChI=1S/C15H24N4O5S.ClH/c1-4-7-15(2,16)14(20)18-9-8-17-12-6-5-11(25(3,23)24)10-13(12)19(21)22;/h5-6,10,17H,4,7-9,16H2,1-3H3,(H,18,20);1H. The number of nitrogens with one attached hydrogen (secondary N) is 2. The minimum Gasteiger partial charge on any atom is -0.378 e. The average Bonchev–Trinajstić information content (AvgIpc) is 2.50.